The molecule has 0 unspecified atom stereocenters. The molecule has 0 saturated carbocycles. The number of carbonyl (C=O) groups excluding carboxylic acids is 1. The van der Waals surface area contributed by atoms with Gasteiger partial charge in [0.05, 0.1) is 5.56 Å². The number of hydrogen-bond acceptors (Lipinski definition) is 4. The summed E-state index contributed by atoms with van der Waals surface area (Å²) in [4.78, 5) is 22.8. The number of hydrogen-bond donors (Lipinski definition) is 2. The highest BCUT2D eigenvalue weighted by atomic mass is 16.4. The average molecular weight is 272 g/mol. The summed E-state index contributed by atoms with van der Waals surface area (Å²) in [6, 6.07) is 10.2. The van der Waals surface area contributed by atoms with Gasteiger partial charge in [0.15, 0.2) is 0 Å². The highest BCUT2D eigenvalue weighted by Crippen LogP contribution is 2.12. The van der Waals surface area contributed by atoms with Gasteiger partial charge in [-0.1, -0.05) is 19.1 Å². The van der Waals surface area contributed by atoms with Gasteiger partial charge in [-0.15, -0.1) is 0 Å². The Labute approximate surface area is 116 Å². The van der Waals surface area contributed by atoms with Gasteiger partial charge in [0, 0.05) is 18.3 Å². The van der Waals surface area contributed by atoms with E-state index in [9.17, 15) is 9.59 Å². The number of amides is 1. The molecule has 1 aromatic carbocycles. The lowest BCUT2D eigenvalue weighted by Crippen LogP contribution is -2.14. The van der Waals surface area contributed by atoms with E-state index in [2.05, 4.69) is 15.1 Å². The Hall–Kier alpha value is -2.40. The Morgan fingerprint density at radius 2 is 2.10 bits per heavy atom. The molecule has 0 aliphatic heterocycles. The van der Waals surface area contributed by atoms with Gasteiger partial charge in [0.25, 0.3) is 5.91 Å². The lowest BCUT2D eigenvalue weighted by Gasteiger charge is -2.07. The number of carbonyl (C=O) groups is 1. The number of rotatable bonds is 5. The summed E-state index contributed by atoms with van der Waals surface area (Å²) in [6.45, 7) is 3.68. The molecule has 0 spiro atoms. The van der Waals surface area contributed by atoms with E-state index in [1.807, 2.05) is 31.2 Å². The second kappa shape index (κ2) is 6.68. The SMILES string of the molecule is CCNCc1cccc(NC(=O)c2ccc(=O)oc2)c1. The molecule has 0 aliphatic carbocycles. The van der Waals surface area contributed by atoms with Gasteiger partial charge in [-0.25, -0.2) is 4.79 Å². The van der Waals surface area contributed by atoms with E-state index in [1.54, 1.807) is 0 Å². The van der Waals surface area contributed by atoms with Crippen LogP contribution in [0.3, 0.4) is 0 Å². The summed E-state index contributed by atoms with van der Waals surface area (Å²) < 4.78 is 4.67. The highest BCUT2D eigenvalue weighted by molar-refractivity contribution is 6.03. The van der Waals surface area contributed by atoms with Crippen LogP contribution >= 0.6 is 0 Å². The molecule has 0 aliphatic rings. The fraction of sp³-hybridized carbons (Fsp3) is 0.200. The van der Waals surface area contributed by atoms with Crippen molar-refractivity contribution in [2.75, 3.05) is 11.9 Å². The van der Waals surface area contributed by atoms with E-state index in [1.165, 1.54) is 12.1 Å². The van der Waals surface area contributed by atoms with Crippen LogP contribution in [-0.2, 0) is 6.54 Å². The van der Waals surface area contributed by atoms with E-state index in [0.29, 0.717) is 11.3 Å². The van der Waals surface area contributed by atoms with Crippen LogP contribution in [0.1, 0.15) is 22.8 Å². The number of nitrogens with one attached hydrogen (secondary N) is 2. The van der Waals surface area contributed by atoms with Crippen molar-refractivity contribution in [1.82, 2.24) is 5.32 Å². The zero-order valence-corrected chi connectivity index (χ0v) is 11.2. The zero-order valence-electron chi connectivity index (χ0n) is 11.2. The van der Waals surface area contributed by atoms with E-state index >= 15 is 0 Å². The molecule has 2 aromatic rings. The molecule has 20 heavy (non-hydrogen) atoms. The highest BCUT2D eigenvalue weighted by Gasteiger charge is 2.07. The molecule has 0 atom stereocenters. The number of anilines is 1. The molecule has 0 saturated heterocycles. The molecule has 104 valence electrons. The molecule has 1 heterocycles. The lowest BCUT2D eigenvalue weighted by atomic mass is 10.2. The average Bonchev–Trinajstić information content (AvgIpc) is 2.46. The van der Waals surface area contributed by atoms with Crippen molar-refractivity contribution in [2.24, 2.45) is 0 Å². The van der Waals surface area contributed by atoms with Crippen molar-refractivity contribution in [2.45, 2.75) is 13.5 Å². The van der Waals surface area contributed by atoms with Gasteiger partial charge in [-0.3, -0.25) is 4.79 Å². The second-order valence-electron chi connectivity index (χ2n) is 4.28. The van der Waals surface area contributed by atoms with Crippen LogP contribution in [0.5, 0.6) is 0 Å². The van der Waals surface area contributed by atoms with E-state index in [-0.39, 0.29) is 5.91 Å². The summed E-state index contributed by atoms with van der Waals surface area (Å²) in [6.07, 6.45) is 1.15. The predicted octanol–water partition coefficient (Wildman–Crippen LogP) is 2.00. The fourth-order valence-electron chi connectivity index (χ4n) is 1.72. The van der Waals surface area contributed by atoms with Crippen LogP contribution in [0.2, 0.25) is 0 Å². The summed E-state index contributed by atoms with van der Waals surface area (Å²) >= 11 is 0. The molecule has 1 amide bonds. The maximum absolute atomic E-state index is 12.0. The maximum atomic E-state index is 12.0. The van der Waals surface area contributed by atoms with Crippen molar-refractivity contribution in [3.05, 3.63) is 64.2 Å². The van der Waals surface area contributed by atoms with Crippen LogP contribution in [0, 0.1) is 0 Å². The van der Waals surface area contributed by atoms with Crippen LogP contribution in [0.4, 0.5) is 5.69 Å². The van der Waals surface area contributed by atoms with Crippen LogP contribution in [-0.4, -0.2) is 12.5 Å². The molecule has 2 N–H and O–H groups in total. The van der Waals surface area contributed by atoms with Crippen molar-refractivity contribution >= 4 is 11.6 Å². The monoisotopic (exact) mass is 272 g/mol. The molecule has 0 radical (unpaired) electrons. The predicted molar refractivity (Wildman–Crippen MR) is 76.8 cm³/mol. The standard InChI is InChI=1S/C15H16N2O3/c1-2-16-9-11-4-3-5-13(8-11)17-15(19)12-6-7-14(18)20-10-12/h3-8,10,16H,2,9H2,1H3,(H,17,19). The Morgan fingerprint density at radius 3 is 2.80 bits per heavy atom. The maximum Gasteiger partial charge on any atom is 0.335 e. The fourth-order valence-corrected chi connectivity index (χ4v) is 1.72. The summed E-state index contributed by atoms with van der Waals surface area (Å²) in [5, 5.41) is 5.99. The minimum Gasteiger partial charge on any atom is -0.430 e. The first kappa shape index (κ1) is 14.0. The van der Waals surface area contributed by atoms with E-state index in [4.69, 9.17) is 0 Å². The molecular weight excluding hydrogens is 256 g/mol. The minimum absolute atomic E-state index is 0.307. The van der Waals surface area contributed by atoms with Crippen LogP contribution in [0.15, 0.2) is 51.9 Å². The topological polar surface area (TPSA) is 71.3 Å². The third kappa shape index (κ3) is 3.80. The molecule has 0 bridgehead atoms. The summed E-state index contributed by atoms with van der Waals surface area (Å²) in [5.41, 5.74) is 1.62. The van der Waals surface area contributed by atoms with Gasteiger partial charge in [-0.05, 0) is 30.3 Å². The quantitative estimate of drug-likeness (QED) is 0.873. The molecule has 5 heteroatoms. The van der Waals surface area contributed by atoms with Crippen molar-refractivity contribution in [3.63, 3.8) is 0 Å². The van der Waals surface area contributed by atoms with Crippen molar-refractivity contribution < 1.29 is 9.21 Å². The third-order valence-corrected chi connectivity index (χ3v) is 2.73. The summed E-state index contributed by atoms with van der Waals surface area (Å²) in [7, 11) is 0. The smallest absolute Gasteiger partial charge is 0.335 e. The van der Waals surface area contributed by atoms with Gasteiger partial charge < -0.3 is 15.1 Å². The first-order valence-electron chi connectivity index (χ1n) is 6.39. The first-order valence-corrected chi connectivity index (χ1v) is 6.39. The van der Waals surface area contributed by atoms with Gasteiger partial charge in [0.2, 0.25) is 0 Å². The minimum atomic E-state index is -0.478. The first-order chi connectivity index (χ1) is 9.69. The Morgan fingerprint density at radius 1 is 1.25 bits per heavy atom. The molecule has 0 fully saturated rings. The zero-order chi connectivity index (χ0) is 14.4. The van der Waals surface area contributed by atoms with Crippen LogP contribution < -0.4 is 16.3 Å². The Bertz CT molecular complexity index is 629. The Kier molecular flexibility index (Phi) is 4.68. The molecular formula is C15H16N2O3. The Balaban J connectivity index is 2.07. The van der Waals surface area contributed by atoms with Gasteiger partial charge in [-0.2, -0.15) is 0 Å². The second-order valence-corrected chi connectivity index (χ2v) is 4.28. The molecule has 1 aromatic heterocycles. The molecule has 5 nitrogen and oxygen atoms in total. The summed E-state index contributed by atoms with van der Waals surface area (Å²) in [5.74, 6) is -0.311. The largest absolute Gasteiger partial charge is 0.430 e. The van der Waals surface area contributed by atoms with Gasteiger partial charge in [0.1, 0.15) is 6.26 Å². The van der Waals surface area contributed by atoms with Crippen LogP contribution in [0.25, 0.3) is 0 Å². The normalized spacial score (nSPS) is 10.2. The molecule has 2 rings (SSSR count). The van der Waals surface area contributed by atoms with E-state index in [0.717, 1.165) is 24.9 Å². The number of benzene rings is 1. The van der Waals surface area contributed by atoms with Gasteiger partial charge >= 0.3 is 5.63 Å². The lowest BCUT2D eigenvalue weighted by molar-refractivity contribution is 0.102. The van der Waals surface area contributed by atoms with Crippen molar-refractivity contribution in [1.29, 1.82) is 0 Å². The van der Waals surface area contributed by atoms with E-state index < -0.39 is 5.63 Å². The third-order valence-electron chi connectivity index (χ3n) is 2.73. The van der Waals surface area contributed by atoms with Crippen molar-refractivity contribution in [3.8, 4) is 0 Å².